The van der Waals surface area contributed by atoms with Crippen molar-refractivity contribution in [2.45, 2.75) is 18.9 Å². The van der Waals surface area contributed by atoms with Crippen LogP contribution in [0.5, 0.6) is 0 Å². The van der Waals surface area contributed by atoms with Crippen molar-refractivity contribution in [1.29, 1.82) is 0 Å². The third-order valence-electron chi connectivity index (χ3n) is 3.36. The van der Waals surface area contributed by atoms with Gasteiger partial charge in [-0.1, -0.05) is 6.07 Å². The van der Waals surface area contributed by atoms with Crippen LogP contribution in [0.3, 0.4) is 0 Å². The number of amides is 1. The molecule has 5 heteroatoms. The van der Waals surface area contributed by atoms with Gasteiger partial charge in [0.1, 0.15) is 4.60 Å². The maximum Gasteiger partial charge on any atom is 0.255 e. The summed E-state index contributed by atoms with van der Waals surface area (Å²) in [5, 5.41) is 2.07. The molecule has 3 nitrogen and oxygen atoms in total. The molecule has 1 unspecified atom stereocenters. The van der Waals surface area contributed by atoms with E-state index in [9.17, 15) is 4.79 Å². The zero-order valence-corrected chi connectivity index (χ0v) is 12.7. The van der Waals surface area contributed by atoms with Crippen LogP contribution in [0.2, 0.25) is 0 Å². The van der Waals surface area contributed by atoms with Crippen LogP contribution in [-0.4, -0.2) is 22.3 Å². The van der Waals surface area contributed by atoms with Gasteiger partial charge in [0, 0.05) is 17.6 Å². The van der Waals surface area contributed by atoms with Crippen LogP contribution in [0, 0.1) is 0 Å². The van der Waals surface area contributed by atoms with Crippen LogP contribution >= 0.6 is 27.3 Å². The molecule has 0 spiro atoms. The molecule has 3 rings (SSSR count). The minimum atomic E-state index is 0.0795. The van der Waals surface area contributed by atoms with Crippen molar-refractivity contribution < 1.29 is 4.79 Å². The van der Waals surface area contributed by atoms with Crippen LogP contribution in [0.15, 0.2) is 40.4 Å². The van der Waals surface area contributed by atoms with Crippen LogP contribution in [0.25, 0.3) is 0 Å². The molecule has 2 aromatic rings. The van der Waals surface area contributed by atoms with Crippen molar-refractivity contribution in [3.8, 4) is 0 Å². The zero-order chi connectivity index (χ0) is 13.2. The van der Waals surface area contributed by atoms with Gasteiger partial charge in [0.15, 0.2) is 0 Å². The van der Waals surface area contributed by atoms with Crippen LogP contribution in [-0.2, 0) is 0 Å². The molecule has 0 radical (unpaired) electrons. The molecular weight excluding hydrogens is 324 g/mol. The molecule has 2 aromatic heterocycles. The van der Waals surface area contributed by atoms with E-state index in [0.717, 1.165) is 24.0 Å². The Bertz CT molecular complexity index is 568. The van der Waals surface area contributed by atoms with Crippen molar-refractivity contribution in [3.63, 3.8) is 0 Å². The Kier molecular flexibility index (Phi) is 3.66. The predicted octanol–water partition coefficient (Wildman–Crippen LogP) is 3.88. The Balaban J connectivity index is 1.84. The van der Waals surface area contributed by atoms with Gasteiger partial charge in [0.2, 0.25) is 0 Å². The monoisotopic (exact) mass is 336 g/mol. The molecule has 1 saturated heterocycles. The SMILES string of the molecule is O=C(c1ccc(Br)nc1)N1CCCC1c1cccs1. The number of hydrogen-bond acceptors (Lipinski definition) is 3. The number of nitrogens with zero attached hydrogens (tertiary/aromatic N) is 2. The number of halogens is 1. The number of rotatable bonds is 2. The highest BCUT2D eigenvalue weighted by Crippen LogP contribution is 2.35. The maximum absolute atomic E-state index is 12.5. The largest absolute Gasteiger partial charge is 0.331 e. The lowest BCUT2D eigenvalue weighted by molar-refractivity contribution is 0.0737. The standard InChI is InChI=1S/C14H13BrN2OS/c15-13-6-5-10(9-16-13)14(18)17-7-1-3-11(17)12-4-2-8-19-12/h2,4-6,8-9,11H,1,3,7H2. The van der Waals surface area contributed by atoms with Gasteiger partial charge in [0.25, 0.3) is 5.91 Å². The van der Waals surface area contributed by atoms with Gasteiger partial charge in [-0.25, -0.2) is 4.98 Å². The summed E-state index contributed by atoms with van der Waals surface area (Å²) in [5.74, 6) is 0.0795. The van der Waals surface area contributed by atoms with Crippen LogP contribution in [0.1, 0.15) is 34.1 Å². The van der Waals surface area contributed by atoms with E-state index in [4.69, 9.17) is 0 Å². The normalized spacial score (nSPS) is 18.8. The summed E-state index contributed by atoms with van der Waals surface area (Å²) in [5.41, 5.74) is 0.659. The molecule has 0 bridgehead atoms. The van der Waals surface area contributed by atoms with Crippen molar-refractivity contribution in [2.24, 2.45) is 0 Å². The van der Waals surface area contributed by atoms with Gasteiger partial charge in [-0.15, -0.1) is 11.3 Å². The molecule has 98 valence electrons. The summed E-state index contributed by atoms with van der Waals surface area (Å²) in [6.07, 6.45) is 3.75. The fraction of sp³-hybridized carbons (Fsp3) is 0.286. The Morgan fingerprint density at radius 1 is 1.42 bits per heavy atom. The first-order valence-corrected chi connectivity index (χ1v) is 7.89. The molecule has 1 aliphatic rings. The van der Waals surface area contributed by atoms with E-state index < -0.39 is 0 Å². The van der Waals surface area contributed by atoms with Gasteiger partial charge < -0.3 is 4.90 Å². The molecule has 19 heavy (non-hydrogen) atoms. The zero-order valence-electron chi connectivity index (χ0n) is 10.3. The highest BCUT2D eigenvalue weighted by Gasteiger charge is 2.31. The number of aromatic nitrogens is 1. The van der Waals surface area contributed by atoms with Gasteiger partial charge in [-0.05, 0) is 52.4 Å². The van der Waals surface area contributed by atoms with Crippen molar-refractivity contribution in [1.82, 2.24) is 9.88 Å². The van der Waals surface area contributed by atoms with Gasteiger partial charge in [0.05, 0.1) is 11.6 Å². The molecule has 3 heterocycles. The summed E-state index contributed by atoms with van der Waals surface area (Å²) in [6.45, 7) is 0.831. The number of hydrogen-bond donors (Lipinski definition) is 0. The maximum atomic E-state index is 12.5. The van der Waals surface area contributed by atoms with E-state index in [1.807, 2.05) is 23.1 Å². The van der Waals surface area contributed by atoms with Gasteiger partial charge in [-0.3, -0.25) is 4.79 Å². The first kappa shape index (κ1) is 12.8. The fourth-order valence-electron chi connectivity index (χ4n) is 2.45. The summed E-state index contributed by atoms with van der Waals surface area (Å²) in [6, 6.07) is 8.02. The first-order valence-electron chi connectivity index (χ1n) is 6.21. The molecule has 1 atom stereocenters. The van der Waals surface area contributed by atoms with Crippen molar-refractivity contribution >= 4 is 33.2 Å². The molecule has 0 aliphatic carbocycles. The number of carbonyl (C=O) groups excluding carboxylic acids is 1. The van der Waals surface area contributed by atoms with Gasteiger partial charge >= 0.3 is 0 Å². The second kappa shape index (κ2) is 5.43. The number of likely N-dealkylation sites (tertiary alicyclic amines) is 1. The minimum absolute atomic E-state index is 0.0795. The Morgan fingerprint density at radius 2 is 2.32 bits per heavy atom. The van der Waals surface area contributed by atoms with E-state index in [0.29, 0.717) is 5.56 Å². The molecule has 0 saturated carbocycles. The molecular formula is C14H13BrN2OS. The molecule has 1 amide bonds. The second-order valence-corrected chi connectivity index (χ2v) is 6.33. The number of thiophene rings is 1. The Hall–Kier alpha value is -1.20. The third-order valence-corrected chi connectivity index (χ3v) is 4.80. The smallest absolute Gasteiger partial charge is 0.255 e. The summed E-state index contributed by atoms with van der Waals surface area (Å²) in [7, 11) is 0. The second-order valence-electron chi connectivity index (χ2n) is 4.54. The van der Waals surface area contributed by atoms with E-state index in [1.165, 1.54) is 4.88 Å². The lowest BCUT2D eigenvalue weighted by atomic mass is 10.1. The van der Waals surface area contributed by atoms with Crippen molar-refractivity contribution in [3.05, 3.63) is 50.9 Å². The lowest BCUT2D eigenvalue weighted by Crippen LogP contribution is -2.30. The van der Waals surface area contributed by atoms with E-state index in [1.54, 1.807) is 17.5 Å². The average Bonchev–Trinajstić information content (AvgIpc) is 3.09. The third kappa shape index (κ3) is 2.58. The number of pyridine rings is 1. The Morgan fingerprint density at radius 3 is 3.00 bits per heavy atom. The van der Waals surface area contributed by atoms with Gasteiger partial charge in [-0.2, -0.15) is 0 Å². The fourth-order valence-corrected chi connectivity index (χ4v) is 3.56. The molecule has 1 aliphatic heterocycles. The van der Waals surface area contributed by atoms with E-state index in [-0.39, 0.29) is 11.9 Å². The summed E-state index contributed by atoms with van der Waals surface area (Å²) < 4.78 is 0.750. The summed E-state index contributed by atoms with van der Waals surface area (Å²) >= 11 is 5.01. The molecule has 0 N–H and O–H groups in total. The van der Waals surface area contributed by atoms with Crippen LogP contribution < -0.4 is 0 Å². The van der Waals surface area contributed by atoms with E-state index >= 15 is 0 Å². The highest BCUT2D eigenvalue weighted by molar-refractivity contribution is 9.10. The highest BCUT2D eigenvalue weighted by atomic mass is 79.9. The summed E-state index contributed by atoms with van der Waals surface area (Å²) in [4.78, 5) is 19.9. The Labute approximate surface area is 124 Å². The number of carbonyl (C=O) groups is 1. The molecule has 1 fully saturated rings. The lowest BCUT2D eigenvalue weighted by Gasteiger charge is -2.23. The topological polar surface area (TPSA) is 33.2 Å². The minimum Gasteiger partial charge on any atom is -0.331 e. The van der Waals surface area contributed by atoms with Crippen LogP contribution in [0.4, 0.5) is 0 Å². The van der Waals surface area contributed by atoms with E-state index in [2.05, 4.69) is 32.4 Å². The average molecular weight is 337 g/mol. The van der Waals surface area contributed by atoms with Crippen molar-refractivity contribution in [2.75, 3.05) is 6.54 Å². The molecule has 0 aromatic carbocycles. The predicted molar refractivity (Wildman–Crippen MR) is 79.3 cm³/mol. The first-order chi connectivity index (χ1) is 9.25. The quantitative estimate of drug-likeness (QED) is 0.779.